The maximum atomic E-state index is 12.7. The first-order valence-corrected chi connectivity index (χ1v) is 9.40. The van der Waals surface area contributed by atoms with Gasteiger partial charge < -0.3 is 0 Å². The first-order chi connectivity index (χ1) is 9.01. The third kappa shape index (κ3) is 3.60. The highest BCUT2D eigenvalue weighted by Crippen LogP contribution is 2.30. The molecule has 0 amide bonds. The molecular formula is C15H19IO2S. The predicted octanol–water partition coefficient (Wildman–Crippen LogP) is 4.07. The van der Waals surface area contributed by atoms with Gasteiger partial charge in [0.15, 0.2) is 9.84 Å². The van der Waals surface area contributed by atoms with Crippen molar-refractivity contribution >= 4 is 32.4 Å². The number of benzene rings is 1. The normalized spacial score (nSPS) is 26.4. The van der Waals surface area contributed by atoms with Gasteiger partial charge in [-0.2, -0.15) is 0 Å². The van der Waals surface area contributed by atoms with Gasteiger partial charge in [-0.1, -0.05) is 52.4 Å². The van der Waals surface area contributed by atoms with Gasteiger partial charge in [-0.3, -0.25) is 0 Å². The van der Waals surface area contributed by atoms with Crippen LogP contribution in [-0.4, -0.2) is 17.6 Å². The van der Waals surface area contributed by atoms with E-state index in [0.717, 1.165) is 31.2 Å². The summed E-state index contributed by atoms with van der Waals surface area (Å²) in [4.78, 5) is 0.467. The van der Waals surface area contributed by atoms with Crippen molar-refractivity contribution in [2.45, 2.75) is 46.7 Å². The van der Waals surface area contributed by atoms with E-state index in [1.54, 1.807) is 12.1 Å². The smallest absolute Gasteiger partial charge is 0.182 e. The maximum absolute atomic E-state index is 12.7. The van der Waals surface area contributed by atoms with E-state index in [4.69, 9.17) is 0 Å². The Labute approximate surface area is 129 Å². The van der Waals surface area contributed by atoms with E-state index < -0.39 is 9.84 Å². The summed E-state index contributed by atoms with van der Waals surface area (Å²) in [6.45, 7) is 1.97. The standard InChI is InChI=1S/C15H19IO2S/c1-12-8-10-13(11-9-12)19(17,18)15-7-5-3-2-4-6-14(15)16/h2-3,8-11,14-15H,4-7H2,1H3/b3-2-/t14-,15+/m1/s1. The van der Waals surface area contributed by atoms with Gasteiger partial charge in [0.05, 0.1) is 10.1 Å². The van der Waals surface area contributed by atoms with Crippen LogP contribution in [0.15, 0.2) is 41.3 Å². The molecule has 1 aromatic rings. The molecule has 0 fully saturated rings. The highest BCUT2D eigenvalue weighted by atomic mass is 127. The lowest BCUT2D eigenvalue weighted by Crippen LogP contribution is -2.31. The molecule has 4 heteroatoms. The molecule has 0 aliphatic heterocycles. The lowest BCUT2D eigenvalue weighted by Gasteiger charge is -2.23. The number of halogens is 1. The molecule has 0 saturated heterocycles. The summed E-state index contributed by atoms with van der Waals surface area (Å²) in [6, 6.07) is 7.22. The molecule has 2 nitrogen and oxygen atoms in total. The van der Waals surface area contributed by atoms with Crippen molar-refractivity contribution in [3.05, 3.63) is 42.0 Å². The minimum absolute atomic E-state index is 0.189. The third-order valence-corrected chi connectivity index (χ3v) is 7.81. The van der Waals surface area contributed by atoms with Crippen LogP contribution in [0.5, 0.6) is 0 Å². The van der Waals surface area contributed by atoms with Crippen molar-refractivity contribution in [1.82, 2.24) is 0 Å². The quantitative estimate of drug-likeness (QED) is 0.434. The van der Waals surface area contributed by atoms with Gasteiger partial charge in [-0.05, 0) is 44.7 Å². The van der Waals surface area contributed by atoms with Gasteiger partial charge in [0, 0.05) is 3.92 Å². The second-order valence-corrected chi connectivity index (χ2v) is 8.81. The summed E-state index contributed by atoms with van der Waals surface area (Å²) in [7, 11) is -3.21. The van der Waals surface area contributed by atoms with Gasteiger partial charge >= 0.3 is 0 Å². The SMILES string of the molecule is Cc1ccc(S(=O)(=O)[C@H]2CC/C=C\CC[C@H]2I)cc1. The molecule has 19 heavy (non-hydrogen) atoms. The van der Waals surface area contributed by atoms with E-state index in [9.17, 15) is 8.42 Å². The highest BCUT2D eigenvalue weighted by Gasteiger charge is 2.32. The lowest BCUT2D eigenvalue weighted by atomic mass is 10.1. The monoisotopic (exact) mass is 390 g/mol. The van der Waals surface area contributed by atoms with E-state index in [2.05, 4.69) is 34.7 Å². The van der Waals surface area contributed by atoms with E-state index in [1.165, 1.54) is 0 Å². The van der Waals surface area contributed by atoms with Crippen LogP contribution in [0, 0.1) is 6.92 Å². The Morgan fingerprint density at radius 2 is 1.63 bits per heavy atom. The van der Waals surface area contributed by atoms with Crippen LogP contribution >= 0.6 is 22.6 Å². The molecule has 1 aromatic carbocycles. The molecule has 0 unspecified atom stereocenters. The minimum Gasteiger partial charge on any atom is -0.223 e. The average Bonchev–Trinajstić information content (AvgIpc) is 2.34. The summed E-state index contributed by atoms with van der Waals surface area (Å²) in [5.74, 6) is 0. The number of hydrogen-bond acceptors (Lipinski definition) is 2. The molecule has 1 aliphatic carbocycles. The maximum Gasteiger partial charge on any atom is 0.182 e. The minimum atomic E-state index is -3.21. The van der Waals surface area contributed by atoms with Crippen molar-refractivity contribution < 1.29 is 8.42 Å². The summed E-state index contributed by atoms with van der Waals surface area (Å²) in [6.07, 6.45) is 7.77. The Morgan fingerprint density at radius 1 is 1.05 bits per heavy atom. The van der Waals surface area contributed by atoms with Gasteiger partial charge in [-0.15, -0.1) is 0 Å². The van der Waals surface area contributed by atoms with Crippen molar-refractivity contribution in [2.75, 3.05) is 0 Å². The number of sulfone groups is 1. The second kappa shape index (κ2) is 6.39. The molecule has 2 atom stereocenters. The third-order valence-electron chi connectivity index (χ3n) is 3.55. The van der Waals surface area contributed by atoms with E-state index in [0.29, 0.717) is 4.90 Å². The first kappa shape index (κ1) is 15.0. The average molecular weight is 390 g/mol. The van der Waals surface area contributed by atoms with Crippen LogP contribution in [-0.2, 0) is 9.84 Å². The summed E-state index contributed by atoms with van der Waals surface area (Å²) in [5.41, 5.74) is 1.09. The summed E-state index contributed by atoms with van der Waals surface area (Å²) in [5, 5.41) is -0.263. The number of rotatable bonds is 2. The van der Waals surface area contributed by atoms with E-state index in [-0.39, 0.29) is 9.17 Å². The lowest BCUT2D eigenvalue weighted by molar-refractivity contribution is 0.560. The highest BCUT2D eigenvalue weighted by molar-refractivity contribution is 14.1. The summed E-state index contributed by atoms with van der Waals surface area (Å²) < 4.78 is 25.7. The number of allylic oxidation sites excluding steroid dienone is 2. The molecule has 104 valence electrons. The number of hydrogen-bond donors (Lipinski definition) is 0. The van der Waals surface area contributed by atoms with Gasteiger partial charge in [0.2, 0.25) is 0 Å². The first-order valence-electron chi connectivity index (χ1n) is 6.61. The molecule has 0 spiro atoms. The Hall–Kier alpha value is -0.360. The van der Waals surface area contributed by atoms with Crippen LogP contribution in [0.4, 0.5) is 0 Å². The molecule has 0 bridgehead atoms. The zero-order valence-electron chi connectivity index (χ0n) is 11.0. The largest absolute Gasteiger partial charge is 0.223 e. The zero-order chi connectivity index (χ0) is 13.9. The molecule has 2 rings (SSSR count). The summed E-state index contributed by atoms with van der Waals surface area (Å²) >= 11 is 2.31. The van der Waals surface area contributed by atoms with Gasteiger partial charge in [-0.25, -0.2) is 8.42 Å². The Bertz CT molecular complexity index is 546. The predicted molar refractivity (Wildman–Crippen MR) is 87.6 cm³/mol. The van der Waals surface area contributed by atoms with Crippen LogP contribution in [0.2, 0.25) is 0 Å². The Balaban J connectivity index is 2.31. The zero-order valence-corrected chi connectivity index (χ0v) is 14.0. The van der Waals surface area contributed by atoms with Gasteiger partial charge in [0.25, 0.3) is 0 Å². The molecule has 1 aliphatic rings. The van der Waals surface area contributed by atoms with Gasteiger partial charge in [0.1, 0.15) is 0 Å². The van der Waals surface area contributed by atoms with Crippen molar-refractivity contribution in [1.29, 1.82) is 0 Å². The van der Waals surface area contributed by atoms with Crippen LogP contribution in [0.25, 0.3) is 0 Å². The van der Waals surface area contributed by atoms with E-state index in [1.807, 2.05) is 19.1 Å². The molecular weight excluding hydrogens is 371 g/mol. The van der Waals surface area contributed by atoms with Crippen LogP contribution in [0.1, 0.15) is 31.2 Å². The van der Waals surface area contributed by atoms with Crippen molar-refractivity contribution in [3.8, 4) is 0 Å². The Morgan fingerprint density at radius 3 is 2.26 bits per heavy atom. The van der Waals surface area contributed by atoms with Crippen molar-refractivity contribution in [3.63, 3.8) is 0 Å². The Kier molecular flexibility index (Phi) is 5.06. The van der Waals surface area contributed by atoms with Crippen molar-refractivity contribution in [2.24, 2.45) is 0 Å². The van der Waals surface area contributed by atoms with E-state index >= 15 is 0 Å². The topological polar surface area (TPSA) is 34.1 Å². The molecule has 0 saturated carbocycles. The number of aryl methyl sites for hydroxylation is 1. The fraction of sp³-hybridized carbons (Fsp3) is 0.467. The molecule has 0 aromatic heterocycles. The number of alkyl halides is 1. The molecule has 0 N–H and O–H groups in total. The fourth-order valence-corrected chi connectivity index (χ4v) is 6.09. The molecule has 0 heterocycles. The fourth-order valence-electron chi connectivity index (χ4n) is 2.37. The second-order valence-electron chi connectivity index (χ2n) is 5.04. The molecule has 0 radical (unpaired) electrons. The van der Waals surface area contributed by atoms with Crippen LogP contribution in [0.3, 0.4) is 0 Å². The van der Waals surface area contributed by atoms with Crippen LogP contribution < -0.4 is 0 Å².